The number of hydrogen-bond donors (Lipinski definition) is 2. The third-order valence-electron chi connectivity index (χ3n) is 3.88. The van der Waals surface area contributed by atoms with Crippen LogP contribution in [0.3, 0.4) is 0 Å². The second-order valence-corrected chi connectivity index (χ2v) is 8.54. The Bertz CT molecular complexity index is 841. The average Bonchev–Trinajstić information content (AvgIpc) is 2.63. The summed E-state index contributed by atoms with van der Waals surface area (Å²) in [5, 5.41) is 3.00. The van der Waals surface area contributed by atoms with Crippen molar-refractivity contribution >= 4 is 27.7 Å². The Morgan fingerprint density at radius 2 is 2.08 bits per heavy atom. The third-order valence-corrected chi connectivity index (χ3v) is 6.45. The van der Waals surface area contributed by atoms with E-state index in [-0.39, 0.29) is 29.8 Å². The van der Waals surface area contributed by atoms with Gasteiger partial charge in [-0.1, -0.05) is 18.2 Å². The van der Waals surface area contributed by atoms with E-state index in [4.69, 9.17) is 0 Å². The molecule has 0 spiro atoms. The first kappa shape index (κ1) is 17.9. The van der Waals surface area contributed by atoms with E-state index >= 15 is 0 Å². The molecule has 2 N–H and O–H groups in total. The summed E-state index contributed by atoms with van der Waals surface area (Å²) >= 11 is 1.79. The molecule has 0 saturated carbocycles. The van der Waals surface area contributed by atoms with Gasteiger partial charge in [-0.25, -0.2) is 13.1 Å². The van der Waals surface area contributed by atoms with Gasteiger partial charge < -0.3 is 5.32 Å². The normalized spacial score (nSPS) is 16.9. The van der Waals surface area contributed by atoms with Gasteiger partial charge in [-0.2, -0.15) is 0 Å². The van der Waals surface area contributed by atoms with Gasteiger partial charge in [-0.15, -0.1) is 11.8 Å². The lowest BCUT2D eigenvalue weighted by Gasteiger charge is -2.25. The van der Waals surface area contributed by atoms with Crippen LogP contribution >= 0.6 is 11.8 Å². The molecule has 2 heterocycles. The molecule has 8 heteroatoms. The number of benzene rings is 1. The highest BCUT2D eigenvalue weighted by Gasteiger charge is 2.22. The summed E-state index contributed by atoms with van der Waals surface area (Å²) in [6, 6.07) is 11.0. The van der Waals surface area contributed by atoms with Crippen molar-refractivity contribution in [2.24, 2.45) is 0 Å². The summed E-state index contributed by atoms with van der Waals surface area (Å²) in [5.41, 5.74) is 1.13. The highest BCUT2D eigenvalue weighted by atomic mass is 32.2. The highest BCUT2D eigenvalue weighted by molar-refractivity contribution is 7.99. The van der Waals surface area contributed by atoms with Gasteiger partial charge in [0.15, 0.2) is 0 Å². The number of sulfonamides is 1. The summed E-state index contributed by atoms with van der Waals surface area (Å²) in [6.45, 7) is 0.0478. The van der Waals surface area contributed by atoms with Gasteiger partial charge in [0.25, 0.3) is 0 Å². The molecule has 1 aromatic carbocycles. The molecule has 1 aliphatic heterocycles. The summed E-state index contributed by atoms with van der Waals surface area (Å²) < 4.78 is 26.6. The molecular weight excluding hydrogens is 358 g/mol. The van der Waals surface area contributed by atoms with Crippen LogP contribution in [0, 0.1) is 0 Å². The van der Waals surface area contributed by atoms with Crippen molar-refractivity contribution in [2.45, 2.75) is 28.7 Å². The predicted molar refractivity (Wildman–Crippen MR) is 96.7 cm³/mol. The van der Waals surface area contributed by atoms with Gasteiger partial charge in [-0.3, -0.25) is 9.78 Å². The maximum Gasteiger partial charge on any atom is 0.242 e. The smallest absolute Gasteiger partial charge is 0.242 e. The number of fused-ring (bicyclic) bond motifs is 1. The minimum Gasteiger partial charge on any atom is -0.349 e. The first-order valence-corrected chi connectivity index (χ1v) is 10.4. The first-order valence-electron chi connectivity index (χ1n) is 7.97. The quantitative estimate of drug-likeness (QED) is 0.805. The van der Waals surface area contributed by atoms with Crippen LogP contribution in [0.15, 0.2) is 58.6 Å². The van der Waals surface area contributed by atoms with Gasteiger partial charge in [0, 0.05) is 36.0 Å². The molecule has 1 atom stereocenters. The Morgan fingerprint density at radius 1 is 1.24 bits per heavy atom. The van der Waals surface area contributed by atoms with Gasteiger partial charge in [-0.05, 0) is 30.2 Å². The number of rotatable bonds is 6. The van der Waals surface area contributed by atoms with Crippen LogP contribution in [0.5, 0.6) is 0 Å². The Hall–Kier alpha value is -1.90. The molecule has 1 aliphatic rings. The zero-order valence-corrected chi connectivity index (χ0v) is 15.1. The lowest BCUT2D eigenvalue weighted by molar-refractivity contribution is -0.121. The molecule has 0 radical (unpaired) electrons. The molecule has 2 aromatic rings. The summed E-state index contributed by atoms with van der Waals surface area (Å²) in [5.74, 6) is 0.788. The van der Waals surface area contributed by atoms with Crippen LogP contribution in [0.4, 0.5) is 0 Å². The van der Waals surface area contributed by atoms with E-state index in [1.54, 1.807) is 17.8 Å². The summed E-state index contributed by atoms with van der Waals surface area (Å²) in [4.78, 5) is 17.3. The van der Waals surface area contributed by atoms with Gasteiger partial charge in [0.05, 0.1) is 6.04 Å². The standard InChI is InChI=1S/C17H19N3O3S2/c21-17(7-10-19-25(22,23)13-4-3-9-18-12-13)20-15-8-11-24-16-6-2-1-5-14(15)16/h1-6,9,12,15,19H,7-8,10-11H2,(H,20,21)/t15-/m0/s1. The minimum atomic E-state index is -3.63. The molecule has 6 nitrogen and oxygen atoms in total. The highest BCUT2D eigenvalue weighted by Crippen LogP contribution is 2.35. The Kier molecular flexibility index (Phi) is 5.72. The average molecular weight is 377 g/mol. The van der Waals surface area contributed by atoms with E-state index in [0.717, 1.165) is 17.7 Å². The summed E-state index contributed by atoms with van der Waals surface area (Å²) in [6.07, 6.45) is 3.74. The van der Waals surface area contributed by atoms with Crippen molar-refractivity contribution in [1.82, 2.24) is 15.0 Å². The topological polar surface area (TPSA) is 88.2 Å². The molecule has 25 heavy (non-hydrogen) atoms. The predicted octanol–water partition coefficient (Wildman–Crippen LogP) is 2.10. The van der Waals surface area contributed by atoms with Crippen molar-refractivity contribution < 1.29 is 13.2 Å². The number of carbonyl (C=O) groups is 1. The van der Waals surface area contributed by atoms with Crippen molar-refractivity contribution in [1.29, 1.82) is 0 Å². The van der Waals surface area contributed by atoms with E-state index in [9.17, 15) is 13.2 Å². The maximum absolute atomic E-state index is 12.2. The molecule has 0 saturated heterocycles. The minimum absolute atomic E-state index is 0.0140. The molecule has 1 aromatic heterocycles. The lowest BCUT2D eigenvalue weighted by atomic mass is 10.0. The van der Waals surface area contributed by atoms with Gasteiger partial charge in [0.1, 0.15) is 4.90 Å². The second kappa shape index (κ2) is 7.99. The van der Waals surface area contributed by atoms with Crippen LogP contribution in [0.2, 0.25) is 0 Å². The number of carbonyl (C=O) groups excluding carboxylic acids is 1. The van der Waals surface area contributed by atoms with Crippen molar-refractivity contribution in [3.05, 3.63) is 54.4 Å². The van der Waals surface area contributed by atoms with Crippen molar-refractivity contribution in [3.63, 3.8) is 0 Å². The fourth-order valence-corrected chi connectivity index (χ4v) is 4.77. The monoisotopic (exact) mass is 377 g/mol. The Balaban J connectivity index is 1.53. The number of aromatic nitrogens is 1. The lowest BCUT2D eigenvalue weighted by Crippen LogP contribution is -2.34. The number of hydrogen-bond acceptors (Lipinski definition) is 5. The van der Waals surface area contributed by atoms with Crippen LogP contribution in [0.25, 0.3) is 0 Å². The SMILES string of the molecule is O=C(CCNS(=O)(=O)c1cccnc1)N[C@H]1CCSc2ccccc21. The first-order chi connectivity index (χ1) is 12.1. The molecule has 1 amide bonds. The van der Waals surface area contributed by atoms with E-state index in [1.807, 2.05) is 18.2 Å². The van der Waals surface area contributed by atoms with Crippen LogP contribution in [0.1, 0.15) is 24.4 Å². The molecule has 0 fully saturated rings. The molecular formula is C17H19N3O3S2. The van der Waals surface area contributed by atoms with E-state index in [1.165, 1.54) is 23.4 Å². The van der Waals surface area contributed by atoms with Crippen molar-refractivity contribution in [2.75, 3.05) is 12.3 Å². The van der Waals surface area contributed by atoms with Gasteiger partial charge >= 0.3 is 0 Å². The molecule has 3 rings (SSSR count). The number of nitrogens with zero attached hydrogens (tertiary/aromatic N) is 1. The fourth-order valence-electron chi connectivity index (χ4n) is 2.65. The largest absolute Gasteiger partial charge is 0.349 e. The molecule has 0 bridgehead atoms. The second-order valence-electron chi connectivity index (χ2n) is 5.63. The number of amides is 1. The fraction of sp³-hybridized carbons (Fsp3) is 0.294. The maximum atomic E-state index is 12.2. The number of pyridine rings is 1. The third kappa shape index (κ3) is 4.59. The van der Waals surface area contributed by atoms with Crippen LogP contribution < -0.4 is 10.0 Å². The van der Waals surface area contributed by atoms with Crippen LogP contribution in [-0.4, -0.2) is 31.6 Å². The Labute approximate surface area is 151 Å². The van der Waals surface area contributed by atoms with E-state index < -0.39 is 10.0 Å². The number of thioether (sulfide) groups is 1. The zero-order chi connectivity index (χ0) is 17.7. The zero-order valence-electron chi connectivity index (χ0n) is 13.5. The molecule has 0 unspecified atom stereocenters. The van der Waals surface area contributed by atoms with Gasteiger partial charge in [0.2, 0.25) is 15.9 Å². The summed E-state index contributed by atoms with van der Waals surface area (Å²) in [7, 11) is -3.63. The number of nitrogens with one attached hydrogen (secondary N) is 2. The molecule has 0 aliphatic carbocycles. The van der Waals surface area contributed by atoms with Crippen molar-refractivity contribution in [3.8, 4) is 0 Å². The van der Waals surface area contributed by atoms with Crippen LogP contribution in [-0.2, 0) is 14.8 Å². The molecule has 132 valence electrons. The Morgan fingerprint density at radius 3 is 2.88 bits per heavy atom. The van der Waals surface area contributed by atoms with E-state index in [2.05, 4.69) is 21.1 Å². The van der Waals surface area contributed by atoms with E-state index in [0.29, 0.717) is 0 Å².